The summed E-state index contributed by atoms with van der Waals surface area (Å²) in [5.41, 5.74) is 2.26. The fraction of sp³-hybridized carbons (Fsp3) is 0.400. The molecule has 160 valence electrons. The van der Waals surface area contributed by atoms with Crippen LogP contribution in [-0.2, 0) is 29.0 Å². The number of carbonyl (C=O) groups excluding carboxylic acids is 3. The number of amides is 4. The lowest BCUT2D eigenvalue weighted by Crippen LogP contribution is -2.49. The number of urea groups is 1. The molecule has 2 aromatic carbocycles. The minimum absolute atomic E-state index is 0.0816. The van der Waals surface area contributed by atoms with Crippen molar-refractivity contribution in [3.8, 4) is 0 Å². The molecule has 3 aliphatic rings. The number of hydrogen-bond acceptors (Lipinski definition) is 3. The van der Waals surface area contributed by atoms with Crippen LogP contribution in [0.5, 0.6) is 0 Å². The Morgan fingerprint density at radius 2 is 1.68 bits per heavy atom. The topological polar surface area (TPSA) is 69.7 Å². The van der Waals surface area contributed by atoms with Crippen molar-refractivity contribution in [1.82, 2.24) is 15.1 Å². The summed E-state index contributed by atoms with van der Waals surface area (Å²) in [6.07, 6.45) is 3.18. The Morgan fingerprint density at radius 1 is 1.06 bits per heavy atom. The van der Waals surface area contributed by atoms with E-state index in [0.29, 0.717) is 25.3 Å². The van der Waals surface area contributed by atoms with Crippen LogP contribution < -0.4 is 5.32 Å². The van der Waals surface area contributed by atoms with Crippen molar-refractivity contribution in [3.63, 3.8) is 0 Å². The minimum atomic E-state index is -0.951. The summed E-state index contributed by atoms with van der Waals surface area (Å²) in [7, 11) is 0. The first-order valence-corrected chi connectivity index (χ1v) is 11.0. The van der Waals surface area contributed by atoms with Gasteiger partial charge in [0.25, 0.3) is 5.91 Å². The number of benzene rings is 2. The molecule has 4 amide bonds. The standard InChI is InChI=1S/C25H27N3O3/c1-17(19-11-12-19)27(15-18-7-3-2-4-8-18)22(29)16-28-23(30)25(26-24(28)31)13-20-9-5-6-10-21(20)14-25/h2-10,17,19H,11-16H2,1H3,(H,26,31). The fourth-order valence-corrected chi connectivity index (χ4v) is 4.97. The van der Waals surface area contributed by atoms with E-state index in [1.54, 1.807) is 0 Å². The second-order valence-corrected chi connectivity index (χ2v) is 9.11. The highest BCUT2D eigenvalue weighted by molar-refractivity contribution is 6.09. The highest BCUT2D eigenvalue weighted by Crippen LogP contribution is 2.37. The molecule has 2 aliphatic carbocycles. The largest absolute Gasteiger partial charge is 0.334 e. The van der Waals surface area contributed by atoms with Gasteiger partial charge in [-0.3, -0.25) is 14.5 Å². The summed E-state index contributed by atoms with van der Waals surface area (Å²) in [4.78, 5) is 42.4. The molecule has 6 nitrogen and oxygen atoms in total. The average molecular weight is 418 g/mol. The Hall–Kier alpha value is -3.15. The molecular weight excluding hydrogens is 390 g/mol. The summed E-state index contributed by atoms with van der Waals surface area (Å²) in [6, 6.07) is 17.4. The molecule has 1 heterocycles. The SMILES string of the molecule is CC(C1CC1)N(Cc1ccccc1)C(=O)CN1C(=O)NC2(Cc3ccccc3C2)C1=O. The maximum Gasteiger partial charge on any atom is 0.325 e. The van der Waals surface area contributed by atoms with Gasteiger partial charge < -0.3 is 10.2 Å². The zero-order chi connectivity index (χ0) is 21.6. The van der Waals surface area contributed by atoms with E-state index >= 15 is 0 Å². The van der Waals surface area contributed by atoms with E-state index in [2.05, 4.69) is 12.2 Å². The molecule has 1 spiro atoms. The van der Waals surface area contributed by atoms with Gasteiger partial charge in [0.1, 0.15) is 12.1 Å². The molecule has 1 aliphatic heterocycles. The van der Waals surface area contributed by atoms with Crippen LogP contribution in [0.25, 0.3) is 0 Å². The van der Waals surface area contributed by atoms with Crippen molar-refractivity contribution in [2.75, 3.05) is 6.54 Å². The highest BCUT2D eigenvalue weighted by atomic mass is 16.2. The van der Waals surface area contributed by atoms with E-state index in [0.717, 1.165) is 34.4 Å². The molecular formula is C25H27N3O3. The normalized spacial score (nSPS) is 20.0. The summed E-state index contributed by atoms with van der Waals surface area (Å²) in [5, 5.41) is 2.90. The van der Waals surface area contributed by atoms with Crippen LogP contribution in [0.1, 0.15) is 36.5 Å². The van der Waals surface area contributed by atoms with E-state index in [-0.39, 0.29) is 24.4 Å². The van der Waals surface area contributed by atoms with Gasteiger partial charge in [0.15, 0.2) is 0 Å². The van der Waals surface area contributed by atoms with Gasteiger partial charge in [-0.05, 0) is 42.4 Å². The van der Waals surface area contributed by atoms with Gasteiger partial charge in [-0.2, -0.15) is 0 Å². The van der Waals surface area contributed by atoms with Crippen molar-refractivity contribution in [2.45, 2.75) is 50.7 Å². The third kappa shape index (κ3) is 3.60. The number of nitrogens with zero attached hydrogens (tertiary/aromatic N) is 2. The lowest BCUT2D eigenvalue weighted by molar-refractivity contribution is -0.140. The average Bonchev–Trinajstić information content (AvgIpc) is 3.52. The molecule has 0 radical (unpaired) electrons. The predicted molar refractivity (Wildman–Crippen MR) is 116 cm³/mol. The maximum atomic E-state index is 13.3. The number of carbonyl (C=O) groups is 3. The van der Waals surface area contributed by atoms with Crippen molar-refractivity contribution in [3.05, 3.63) is 71.3 Å². The Bertz CT molecular complexity index is 1010. The molecule has 2 fully saturated rings. The van der Waals surface area contributed by atoms with Gasteiger partial charge in [0.2, 0.25) is 5.91 Å². The predicted octanol–water partition coefficient (Wildman–Crippen LogP) is 2.90. The van der Waals surface area contributed by atoms with Crippen molar-refractivity contribution >= 4 is 17.8 Å². The fourth-order valence-electron chi connectivity index (χ4n) is 4.97. The molecule has 1 N–H and O–H groups in total. The molecule has 1 saturated carbocycles. The maximum absolute atomic E-state index is 13.3. The number of rotatable bonds is 6. The van der Waals surface area contributed by atoms with Gasteiger partial charge in [0, 0.05) is 25.4 Å². The number of imide groups is 1. The third-order valence-corrected chi connectivity index (χ3v) is 6.95. The van der Waals surface area contributed by atoms with Gasteiger partial charge in [0.05, 0.1) is 0 Å². The highest BCUT2D eigenvalue weighted by Gasteiger charge is 2.54. The summed E-state index contributed by atoms with van der Waals surface area (Å²) < 4.78 is 0. The lowest BCUT2D eigenvalue weighted by Gasteiger charge is -2.31. The first-order valence-electron chi connectivity index (χ1n) is 11.0. The molecule has 6 heteroatoms. The zero-order valence-corrected chi connectivity index (χ0v) is 17.7. The van der Waals surface area contributed by atoms with E-state index in [9.17, 15) is 14.4 Å². The number of hydrogen-bond donors (Lipinski definition) is 1. The van der Waals surface area contributed by atoms with E-state index in [1.807, 2.05) is 59.5 Å². The van der Waals surface area contributed by atoms with Crippen LogP contribution in [0.4, 0.5) is 4.79 Å². The molecule has 2 aromatic rings. The van der Waals surface area contributed by atoms with E-state index in [1.165, 1.54) is 0 Å². The second kappa shape index (κ2) is 7.52. The number of nitrogens with one attached hydrogen (secondary N) is 1. The summed E-state index contributed by atoms with van der Waals surface area (Å²) in [6.45, 7) is 2.34. The molecule has 5 rings (SSSR count). The van der Waals surface area contributed by atoms with Gasteiger partial charge in [-0.15, -0.1) is 0 Å². The van der Waals surface area contributed by atoms with Gasteiger partial charge in [-0.25, -0.2) is 4.79 Å². The van der Waals surface area contributed by atoms with Crippen LogP contribution in [0.2, 0.25) is 0 Å². The van der Waals surface area contributed by atoms with Gasteiger partial charge >= 0.3 is 6.03 Å². The Balaban J connectivity index is 1.33. The Labute approximate surface area is 182 Å². The first-order chi connectivity index (χ1) is 15.0. The third-order valence-electron chi connectivity index (χ3n) is 6.95. The smallest absolute Gasteiger partial charge is 0.325 e. The van der Waals surface area contributed by atoms with Crippen LogP contribution >= 0.6 is 0 Å². The van der Waals surface area contributed by atoms with Crippen LogP contribution in [-0.4, -0.2) is 45.8 Å². The van der Waals surface area contributed by atoms with Gasteiger partial charge in [-0.1, -0.05) is 54.6 Å². The van der Waals surface area contributed by atoms with Crippen LogP contribution in [0.3, 0.4) is 0 Å². The zero-order valence-electron chi connectivity index (χ0n) is 17.7. The van der Waals surface area contributed by atoms with E-state index in [4.69, 9.17) is 0 Å². The molecule has 1 saturated heterocycles. The van der Waals surface area contributed by atoms with Crippen molar-refractivity contribution in [1.29, 1.82) is 0 Å². The van der Waals surface area contributed by atoms with Crippen molar-refractivity contribution in [2.24, 2.45) is 5.92 Å². The molecule has 31 heavy (non-hydrogen) atoms. The van der Waals surface area contributed by atoms with Crippen LogP contribution in [0, 0.1) is 5.92 Å². The summed E-state index contributed by atoms with van der Waals surface area (Å²) >= 11 is 0. The first kappa shape index (κ1) is 19.8. The lowest BCUT2D eigenvalue weighted by atomic mass is 9.96. The molecule has 1 atom stereocenters. The Kier molecular flexibility index (Phi) is 4.80. The monoisotopic (exact) mass is 417 g/mol. The molecule has 1 unspecified atom stereocenters. The quantitative estimate of drug-likeness (QED) is 0.735. The van der Waals surface area contributed by atoms with Crippen LogP contribution in [0.15, 0.2) is 54.6 Å². The number of fused-ring (bicyclic) bond motifs is 1. The minimum Gasteiger partial charge on any atom is -0.334 e. The molecule has 0 bridgehead atoms. The van der Waals surface area contributed by atoms with Crippen molar-refractivity contribution < 1.29 is 14.4 Å². The second-order valence-electron chi connectivity index (χ2n) is 9.11. The summed E-state index contributed by atoms with van der Waals surface area (Å²) in [5.74, 6) is 0.0199. The Morgan fingerprint density at radius 3 is 2.29 bits per heavy atom. The van der Waals surface area contributed by atoms with E-state index < -0.39 is 11.6 Å². The molecule has 0 aromatic heterocycles.